The van der Waals surface area contributed by atoms with Crippen molar-refractivity contribution in [1.82, 2.24) is 0 Å². The van der Waals surface area contributed by atoms with Crippen LogP contribution in [0.4, 0.5) is 22.7 Å². The Balaban J connectivity index is 2.02. The number of amides is 1. The van der Waals surface area contributed by atoms with Gasteiger partial charge in [-0.25, -0.2) is 8.42 Å². The van der Waals surface area contributed by atoms with Gasteiger partial charge in [0.2, 0.25) is 5.91 Å². The van der Waals surface area contributed by atoms with Crippen LogP contribution in [-0.4, -0.2) is 21.4 Å². The van der Waals surface area contributed by atoms with E-state index < -0.39 is 10.0 Å². The number of hydrogen-bond acceptors (Lipinski definition) is 5. The van der Waals surface area contributed by atoms with Crippen LogP contribution in [0.5, 0.6) is 5.75 Å². The van der Waals surface area contributed by atoms with Gasteiger partial charge in [-0.1, -0.05) is 86.3 Å². The highest BCUT2D eigenvalue weighted by Crippen LogP contribution is 2.37. The van der Waals surface area contributed by atoms with E-state index in [2.05, 4.69) is 36.1 Å². The first-order chi connectivity index (χ1) is 21.3. The average molecular weight is 636 g/mol. The summed E-state index contributed by atoms with van der Waals surface area (Å²) in [6.45, 7) is 16.5. The van der Waals surface area contributed by atoms with Gasteiger partial charge in [0.05, 0.1) is 29.1 Å². The molecule has 8 heteroatoms. The van der Waals surface area contributed by atoms with Crippen LogP contribution in [0.1, 0.15) is 127 Å². The highest BCUT2D eigenvalue weighted by atomic mass is 32.2. The Morgan fingerprint density at radius 1 is 0.778 bits per heavy atom. The summed E-state index contributed by atoms with van der Waals surface area (Å²) in [4.78, 5) is 13.4. The third-order valence-corrected chi connectivity index (χ3v) is 9.62. The summed E-state index contributed by atoms with van der Waals surface area (Å²) in [5, 5.41) is 6.47. The van der Waals surface area contributed by atoms with Gasteiger partial charge in [0.1, 0.15) is 5.75 Å². The van der Waals surface area contributed by atoms with E-state index in [0.717, 1.165) is 65.8 Å². The fraction of sp³-hybridized carbons (Fsp3) is 0.486. The van der Waals surface area contributed by atoms with E-state index in [4.69, 9.17) is 4.74 Å². The predicted molar refractivity (Wildman–Crippen MR) is 189 cm³/mol. The number of aryl methyl sites for hydroxylation is 1. The lowest BCUT2D eigenvalue weighted by Crippen LogP contribution is -2.19. The zero-order valence-corrected chi connectivity index (χ0v) is 29.5. The number of ether oxygens (including phenoxy) is 1. The smallest absolute Gasteiger partial charge is 0.262 e. The van der Waals surface area contributed by atoms with Crippen LogP contribution in [0, 0.1) is 6.92 Å². The van der Waals surface area contributed by atoms with E-state index in [0.29, 0.717) is 28.4 Å². The Bertz CT molecular complexity index is 1530. The molecule has 0 aromatic heterocycles. The summed E-state index contributed by atoms with van der Waals surface area (Å²) < 4.78 is 36.5. The number of methoxy groups -OCH3 is 1. The van der Waals surface area contributed by atoms with Crippen molar-refractivity contribution in [1.29, 1.82) is 0 Å². The molecule has 3 N–H and O–H groups in total. The van der Waals surface area contributed by atoms with Gasteiger partial charge in [-0.2, -0.15) is 0 Å². The van der Waals surface area contributed by atoms with Crippen LogP contribution >= 0.6 is 0 Å². The summed E-state index contributed by atoms with van der Waals surface area (Å²) in [7, 11) is -2.33. The molecule has 0 aliphatic carbocycles. The standard InChI is InChI=1S/C37H53N3O4S/c1-10-11-12-13-14-15-36(41)39-35-23-29(16-18-34(35)38-33-19-17-30(44-9)20-27(33)8)40-45(42,43)37-31(25(4)5)21-28(24(2)3)22-32(37)26(6)7/h16-26,38,40H,10-15H2,1-9H3,(H,39,41). The third kappa shape index (κ3) is 9.73. The fourth-order valence-electron chi connectivity index (χ4n) is 5.38. The monoisotopic (exact) mass is 635 g/mol. The minimum atomic E-state index is -3.96. The second kappa shape index (κ2) is 16.2. The summed E-state index contributed by atoms with van der Waals surface area (Å²) >= 11 is 0. The zero-order valence-electron chi connectivity index (χ0n) is 28.6. The molecule has 45 heavy (non-hydrogen) atoms. The van der Waals surface area contributed by atoms with Gasteiger partial charge in [0, 0.05) is 12.1 Å². The molecule has 0 unspecified atom stereocenters. The van der Waals surface area contributed by atoms with Crippen molar-refractivity contribution < 1.29 is 17.9 Å². The summed E-state index contributed by atoms with van der Waals surface area (Å²) in [5.74, 6) is 0.951. The maximum Gasteiger partial charge on any atom is 0.262 e. The molecule has 0 fully saturated rings. The lowest BCUT2D eigenvalue weighted by molar-refractivity contribution is -0.116. The van der Waals surface area contributed by atoms with E-state index in [1.54, 1.807) is 25.3 Å². The maximum atomic E-state index is 14.1. The van der Waals surface area contributed by atoms with Crippen LogP contribution in [0.25, 0.3) is 0 Å². The fourth-order valence-corrected chi connectivity index (χ4v) is 7.13. The SMILES string of the molecule is CCCCCCCC(=O)Nc1cc(NS(=O)(=O)c2c(C(C)C)cc(C(C)C)cc2C(C)C)ccc1Nc1ccc(OC)cc1C. The Morgan fingerprint density at radius 3 is 1.96 bits per heavy atom. The first-order valence-electron chi connectivity index (χ1n) is 16.3. The quantitative estimate of drug-likeness (QED) is 0.136. The first kappa shape index (κ1) is 36.0. The van der Waals surface area contributed by atoms with Crippen LogP contribution in [0.2, 0.25) is 0 Å². The number of unbranched alkanes of at least 4 members (excludes halogenated alkanes) is 4. The number of hydrogen-bond donors (Lipinski definition) is 3. The molecule has 7 nitrogen and oxygen atoms in total. The van der Waals surface area contributed by atoms with Crippen LogP contribution in [0.3, 0.4) is 0 Å². The van der Waals surface area contributed by atoms with Crippen molar-refractivity contribution in [3.05, 3.63) is 70.8 Å². The van der Waals surface area contributed by atoms with Crippen molar-refractivity contribution >= 4 is 38.7 Å². The van der Waals surface area contributed by atoms with Gasteiger partial charge >= 0.3 is 0 Å². The molecular formula is C37H53N3O4S. The number of carbonyl (C=O) groups is 1. The lowest BCUT2D eigenvalue weighted by atomic mass is 9.89. The van der Waals surface area contributed by atoms with Crippen molar-refractivity contribution in [2.24, 2.45) is 0 Å². The number of benzene rings is 3. The van der Waals surface area contributed by atoms with Crippen molar-refractivity contribution in [3.8, 4) is 5.75 Å². The predicted octanol–water partition coefficient (Wildman–Crippen LogP) is 10.2. The molecule has 0 saturated carbocycles. The number of sulfonamides is 1. The third-order valence-electron chi connectivity index (χ3n) is 8.10. The molecule has 1 amide bonds. The minimum Gasteiger partial charge on any atom is -0.497 e. The van der Waals surface area contributed by atoms with Crippen LogP contribution in [0.15, 0.2) is 53.4 Å². The lowest BCUT2D eigenvalue weighted by Gasteiger charge is -2.23. The van der Waals surface area contributed by atoms with Crippen molar-refractivity contribution in [2.45, 2.75) is 117 Å². The molecule has 0 aliphatic heterocycles. The number of anilines is 4. The van der Waals surface area contributed by atoms with Gasteiger partial charge in [0.15, 0.2) is 0 Å². The molecule has 3 aromatic carbocycles. The molecule has 246 valence electrons. The molecule has 3 rings (SSSR count). The van der Waals surface area contributed by atoms with E-state index in [9.17, 15) is 13.2 Å². The van der Waals surface area contributed by atoms with E-state index in [1.165, 1.54) is 0 Å². The summed E-state index contributed by atoms with van der Waals surface area (Å²) in [6, 6.07) is 15.0. The zero-order chi connectivity index (χ0) is 33.3. The highest BCUT2D eigenvalue weighted by Gasteiger charge is 2.27. The molecule has 0 heterocycles. The molecule has 3 aromatic rings. The van der Waals surface area contributed by atoms with Gasteiger partial charge in [-0.3, -0.25) is 9.52 Å². The van der Waals surface area contributed by atoms with Crippen LogP contribution < -0.4 is 20.1 Å². The Hall–Kier alpha value is -3.52. The minimum absolute atomic E-state index is 0.0132. The van der Waals surface area contributed by atoms with Crippen molar-refractivity contribution in [3.63, 3.8) is 0 Å². The number of carbonyl (C=O) groups excluding carboxylic acids is 1. The van der Waals surface area contributed by atoms with Gasteiger partial charge in [-0.15, -0.1) is 0 Å². The van der Waals surface area contributed by atoms with E-state index in [1.807, 2.05) is 65.0 Å². The summed E-state index contributed by atoms with van der Waals surface area (Å²) in [6.07, 6.45) is 5.63. The summed E-state index contributed by atoms with van der Waals surface area (Å²) in [5.41, 5.74) is 6.12. The van der Waals surface area contributed by atoms with Gasteiger partial charge in [0.25, 0.3) is 10.0 Å². The second-order valence-corrected chi connectivity index (χ2v) is 14.5. The maximum absolute atomic E-state index is 14.1. The normalized spacial score (nSPS) is 11.7. The largest absolute Gasteiger partial charge is 0.497 e. The van der Waals surface area contributed by atoms with E-state index >= 15 is 0 Å². The topological polar surface area (TPSA) is 96.5 Å². The van der Waals surface area contributed by atoms with E-state index in [-0.39, 0.29) is 23.7 Å². The molecule has 0 bridgehead atoms. The van der Waals surface area contributed by atoms with Crippen LogP contribution in [-0.2, 0) is 14.8 Å². The Labute approximate surface area is 271 Å². The molecule has 0 radical (unpaired) electrons. The first-order valence-corrected chi connectivity index (χ1v) is 17.8. The molecule has 0 atom stereocenters. The number of nitrogens with one attached hydrogen (secondary N) is 3. The average Bonchev–Trinajstić information content (AvgIpc) is 2.98. The number of rotatable bonds is 16. The van der Waals surface area contributed by atoms with Crippen molar-refractivity contribution in [2.75, 3.05) is 22.5 Å². The second-order valence-electron chi connectivity index (χ2n) is 12.9. The molecule has 0 saturated heterocycles. The molecule has 0 aliphatic rings. The van der Waals surface area contributed by atoms with Gasteiger partial charge < -0.3 is 15.4 Å². The van der Waals surface area contributed by atoms with Gasteiger partial charge in [-0.05, 0) is 89.8 Å². The Morgan fingerprint density at radius 2 is 1.40 bits per heavy atom. The molecular weight excluding hydrogens is 582 g/mol. The molecule has 0 spiro atoms. The highest BCUT2D eigenvalue weighted by molar-refractivity contribution is 7.92. The Kier molecular flexibility index (Phi) is 12.9.